The fraction of sp³-hybridized carbons (Fsp3) is 0.238. The van der Waals surface area contributed by atoms with Crippen LogP contribution in [0.4, 0.5) is 0 Å². The SMILES string of the molecule is O=C(NCc1ccccn1)c1ccc(-n2cc(CNC(=O)C3CC3)cn2)cc1. The van der Waals surface area contributed by atoms with Gasteiger partial charge in [0.1, 0.15) is 0 Å². The van der Waals surface area contributed by atoms with Gasteiger partial charge in [-0.15, -0.1) is 0 Å². The molecule has 0 aliphatic heterocycles. The molecule has 1 saturated carbocycles. The van der Waals surface area contributed by atoms with E-state index < -0.39 is 0 Å². The topological polar surface area (TPSA) is 88.9 Å². The van der Waals surface area contributed by atoms with Gasteiger partial charge in [0, 0.05) is 36.0 Å². The summed E-state index contributed by atoms with van der Waals surface area (Å²) in [4.78, 5) is 28.2. The maximum Gasteiger partial charge on any atom is 0.251 e. The van der Waals surface area contributed by atoms with Gasteiger partial charge in [-0.05, 0) is 49.2 Å². The van der Waals surface area contributed by atoms with Crippen molar-refractivity contribution in [1.82, 2.24) is 25.4 Å². The molecule has 0 spiro atoms. The molecule has 4 rings (SSSR count). The summed E-state index contributed by atoms with van der Waals surface area (Å²) in [5, 5.41) is 10.1. The Morgan fingerprint density at radius 3 is 2.57 bits per heavy atom. The molecular weight excluding hydrogens is 354 g/mol. The van der Waals surface area contributed by atoms with E-state index in [1.807, 2.05) is 36.5 Å². The number of amides is 2. The fourth-order valence-corrected chi connectivity index (χ4v) is 2.81. The van der Waals surface area contributed by atoms with Crippen LogP contribution in [0.1, 0.15) is 34.5 Å². The van der Waals surface area contributed by atoms with Gasteiger partial charge in [0.05, 0.1) is 24.1 Å². The third-order valence-corrected chi connectivity index (χ3v) is 4.60. The molecule has 0 atom stereocenters. The minimum absolute atomic E-state index is 0.119. The van der Waals surface area contributed by atoms with E-state index in [-0.39, 0.29) is 17.7 Å². The van der Waals surface area contributed by atoms with Crippen LogP contribution in [0.15, 0.2) is 61.1 Å². The first-order valence-electron chi connectivity index (χ1n) is 9.29. The lowest BCUT2D eigenvalue weighted by Crippen LogP contribution is -2.23. The number of rotatable bonds is 7. The molecule has 1 aromatic carbocycles. The summed E-state index contributed by atoms with van der Waals surface area (Å²) in [6.07, 6.45) is 7.30. The van der Waals surface area contributed by atoms with Crippen LogP contribution in [0.25, 0.3) is 5.69 Å². The van der Waals surface area contributed by atoms with Crippen LogP contribution in [0.3, 0.4) is 0 Å². The van der Waals surface area contributed by atoms with Crippen molar-refractivity contribution >= 4 is 11.8 Å². The summed E-state index contributed by atoms with van der Waals surface area (Å²) in [6, 6.07) is 12.8. The fourth-order valence-electron chi connectivity index (χ4n) is 2.81. The van der Waals surface area contributed by atoms with E-state index >= 15 is 0 Å². The largest absolute Gasteiger partial charge is 0.352 e. The molecule has 1 fully saturated rings. The van der Waals surface area contributed by atoms with Crippen molar-refractivity contribution in [2.75, 3.05) is 0 Å². The van der Waals surface area contributed by atoms with Gasteiger partial charge in [-0.25, -0.2) is 4.68 Å². The van der Waals surface area contributed by atoms with E-state index in [0.717, 1.165) is 29.8 Å². The van der Waals surface area contributed by atoms with Crippen molar-refractivity contribution in [3.8, 4) is 5.69 Å². The summed E-state index contributed by atoms with van der Waals surface area (Å²) in [5.41, 5.74) is 3.17. The smallest absolute Gasteiger partial charge is 0.251 e. The average Bonchev–Trinajstić information content (AvgIpc) is 3.49. The second kappa shape index (κ2) is 8.04. The van der Waals surface area contributed by atoms with Crippen molar-refractivity contribution in [2.24, 2.45) is 5.92 Å². The van der Waals surface area contributed by atoms with Crippen LogP contribution in [0.2, 0.25) is 0 Å². The highest BCUT2D eigenvalue weighted by atomic mass is 16.2. The summed E-state index contributed by atoms with van der Waals surface area (Å²) < 4.78 is 1.73. The number of hydrogen-bond donors (Lipinski definition) is 2. The summed E-state index contributed by atoms with van der Waals surface area (Å²) >= 11 is 0. The van der Waals surface area contributed by atoms with E-state index in [1.54, 1.807) is 29.2 Å². The second-order valence-electron chi connectivity index (χ2n) is 6.84. The molecule has 2 aromatic heterocycles. The first-order valence-corrected chi connectivity index (χ1v) is 9.29. The molecule has 0 bridgehead atoms. The minimum atomic E-state index is -0.152. The van der Waals surface area contributed by atoms with E-state index in [0.29, 0.717) is 18.7 Å². The zero-order valence-electron chi connectivity index (χ0n) is 15.3. The Labute approximate surface area is 162 Å². The Morgan fingerprint density at radius 1 is 1.04 bits per heavy atom. The van der Waals surface area contributed by atoms with Crippen LogP contribution in [-0.2, 0) is 17.9 Å². The van der Waals surface area contributed by atoms with Gasteiger partial charge < -0.3 is 10.6 Å². The van der Waals surface area contributed by atoms with Gasteiger partial charge in [-0.2, -0.15) is 5.10 Å². The van der Waals surface area contributed by atoms with Crippen LogP contribution in [0.5, 0.6) is 0 Å². The zero-order valence-corrected chi connectivity index (χ0v) is 15.3. The van der Waals surface area contributed by atoms with E-state index in [4.69, 9.17) is 0 Å². The summed E-state index contributed by atoms with van der Waals surface area (Å²) in [5.74, 6) is 0.168. The Hall–Kier alpha value is -3.48. The lowest BCUT2D eigenvalue weighted by atomic mass is 10.2. The van der Waals surface area contributed by atoms with Gasteiger partial charge in [0.25, 0.3) is 5.91 Å². The van der Waals surface area contributed by atoms with Gasteiger partial charge in [0.15, 0.2) is 0 Å². The standard InChI is InChI=1S/C21H21N5O2/c27-20(16-4-5-16)23-11-15-12-25-26(14-15)19-8-6-17(7-9-19)21(28)24-13-18-3-1-2-10-22-18/h1-3,6-10,12,14,16H,4-5,11,13H2,(H,23,27)(H,24,28). The highest BCUT2D eigenvalue weighted by molar-refractivity contribution is 5.94. The summed E-state index contributed by atoms with van der Waals surface area (Å²) in [6.45, 7) is 0.861. The molecule has 2 amide bonds. The second-order valence-corrected chi connectivity index (χ2v) is 6.84. The third kappa shape index (κ3) is 4.43. The monoisotopic (exact) mass is 375 g/mol. The Morgan fingerprint density at radius 2 is 1.86 bits per heavy atom. The number of benzene rings is 1. The molecular formula is C21H21N5O2. The number of aromatic nitrogens is 3. The quantitative estimate of drug-likeness (QED) is 0.663. The van der Waals surface area contributed by atoms with Crippen molar-refractivity contribution in [3.05, 3.63) is 77.9 Å². The molecule has 0 unspecified atom stereocenters. The normalized spacial score (nSPS) is 13.1. The molecule has 2 N–H and O–H groups in total. The highest BCUT2D eigenvalue weighted by Crippen LogP contribution is 2.28. The molecule has 2 heterocycles. The van der Waals surface area contributed by atoms with E-state index in [1.165, 1.54) is 0 Å². The number of hydrogen-bond acceptors (Lipinski definition) is 4. The lowest BCUT2D eigenvalue weighted by Gasteiger charge is -2.06. The van der Waals surface area contributed by atoms with Crippen LogP contribution >= 0.6 is 0 Å². The molecule has 0 radical (unpaired) electrons. The molecule has 7 nitrogen and oxygen atoms in total. The number of carbonyl (C=O) groups is 2. The van der Waals surface area contributed by atoms with Gasteiger partial charge in [0.2, 0.25) is 5.91 Å². The molecule has 28 heavy (non-hydrogen) atoms. The Bertz CT molecular complexity index is 962. The molecule has 1 aliphatic rings. The maximum absolute atomic E-state index is 12.3. The predicted octanol–water partition coefficient (Wildman–Crippen LogP) is 2.22. The molecule has 7 heteroatoms. The lowest BCUT2D eigenvalue weighted by molar-refractivity contribution is -0.122. The highest BCUT2D eigenvalue weighted by Gasteiger charge is 2.29. The van der Waals surface area contributed by atoms with Crippen LogP contribution in [0, 0.1) is 5.92 Å². The van der Waals surface area contributed by atoms with Gasteiger partial charge >= 0.3 is 0 Å². The molecule has 0 saturated heterocycles. The molecule has 1 aliphatic carbocycles. The average molecular weight is 375 g/mol. The Kier molecular flexibility index (Phi) is 5.14. The predicted molar refractivity (Wildman–Crippen MR) is 104 cm³/mol. The first-order chi connectivity index (χ1) is 13.7. The van der Waals surface area contributed by atoms with Crippen molar-refractivity contribution in [2.45, 2.75) is 25.9 Å². The molecule has 142 valence electrons. The van der Waals surface area contributed by atoms with E-state index in [9.17, 15) is 9.59 Å². The van der Waals surface area contributed by atoms with E-state index in [2.05, 4.69) is 20.7 Å². The first kappa shape index (κ1) is 17.9. The van der Waals surface area contributed by atoms with Crippen LogP contribution < -0.4 is 10.6 Å². The number of nitrogens with one attached hydrogen (secondary N) is 2. The van der Waals surface area contributed by atoms with Gasteiger partial charge in [-0.3, -0.25) is 14.6 Å². The van der Waals surface area contributed by atoms with Gasteiger partial charge in [-0.1, -0.05) is 6.07 Å². The van der Waals surface area contributed by atoms with Crippen LogP contribution in [-0.4, -0.2) is 26.6 Å². The Balaban J connectivity index is 1.33. The third-order valence-electron chi connectivity index (χ3n) is 4.60. The number of nitrogens with zero attached hydrogens (tertiary/aromatic N) is 3. The minimum Gasteiger partial charge on any atom is -0.352 e. The zero-order chi connectivity index (χ0) is 19.3. The summed E-state index contributed by atoms with van der Waals surface area (Å²) in [7, 11) is 0. The number of carbonyl (C=O) groups excluding carboxylic acids is 2. The maximum atomic E-state index is 12.3. The van der Waals surface area contributed by atoms with Crippen molar-refractivity contribution in [3.63, 3.8) is 0 Å². The number of pyridine rings is 1. The van der Waals surface area contributed by atoms with Crippen molar-refractivity contribution in [1.29, 1.82) is 0 Å². The molecule has 3 aromatic rings. The van der Waals surface area contributed by atoms with Crippen molar-refractivity contribution < 1.29 is 9.59 Å².